The standard InChI is InChI=1S/C22H20N2O8S/c1-14(26)24(33(2,29)30)18-12-19-16(11-20(18)32-15-7-4-3-5-8-15)22(28)17(13-31-19)23-21(27)9-6-10-25/h3-5,7-8,10-13H,6,9H2,1-2H3,(H,23,27). The van der Waals surface area contributed by atoms with Gasteiger partial charge in [0.2, 0.25) is 27.3 Å². The van der Waals surface area contributed by atoms with Crippen molar-refractivity contribution in [3.63, 3.8) is 0 Å². The van der Waals surface area contributed by atoms with E-state index in [2.05, 4.69) is 5.32 Å². The maximum Gasteiger partial charge on any atom is 0.238 e. The Morgan fingerprint density at radius 1 is 1.18 bits per heavy atom. The zero-order valence-corrected chi connectivity index (χ0v) is 18.5. The number of carbonyl (C=O) groups is 3. The molecule has 0 radical (unpaired) electrons. The smallest absolute Gasteiger partial charge is 0.238 e. The van der Waals surface area contributed by atoms with Crippen molar-refractivity contribution in [2.75, 3.05) is 15.9 Å². The number of amides is 2. The van der Waals surface area contributed by atoms with E-state index in [0.717, 1.165) is 19.4 Å². The molecule has 33 heavy (non-hydrogen) atoms. The lowest BCUT2D eigenvalue weighted by Crippen LogP contribution is -2.34. The third-order valence-corrected chi connectivity index (χ3v) is 5.54. The Morgan fingerprint density at radius 3 is 2.48 bits per heavy atom. The summed E-state index contributed by atoms with van der Waals surface area (Å²) >= 11 is 0. The summed E-state index contributed by atoms with van der Waals surface area (Å²) in [5.74, 6) is -1.11. The lowest BCUT2D eigenvalue weighted by molar-refractivity contribution is -0.118. The van der Waals surface area contributed by atoms with Crippen LogP contribution in [0.1, 0.15) is 19.8 Å². The summed E-state index contributed by atoms with van der Waals surface area (Å²) in [5.41, 5.74) is -0.958. The van der Waals surface area contributed by atoms with Gasteiger partial charge in [0.25, 0.3) is 0 Å². The number of carbonyl (C=O) groups excluding carboxylic acids is 3. The lowest BCUT2D eigenvalue weighted by Gasteiger charge is -2.22. The Labute approximate surface area is 188 Å². The van der Waals surface area contributed by atoms with Crippen molar-refractivity contribution >= 4 is 50.5 Å². The summed E-state index contributed by atoms with van der Waals surface area (Å²) < 4.78 is 36.4. The van der Waals surface area contributed by atoms with Crippen molar-refractivity contribution in [3.8, 4) is 11.5 Å². The first kappa shape index (κ1) is 23.7. The fourth-order valence-electron chi connectivity index (χ4n) is 3.07. The predicted molar refractivity (Wildman–Crippen MR) is 121 cm³/mol. The third kappa shape index (κ3) is 5.44. The van der Waals surface area contributed by atoms with Crippen LogP contribution in [0.2, 0.25) is 0 Å². The minimum absolute atomic E-state index is 0.00442. The van der Waals surface area contributed by atoms with Crippen LogP contribution in [0.5, 0.6) is 11.5 Å². The molecule has 2 aromatic carbocycles. The predicted octanol–water partition coefficient (Wildman–Crippen LogP) is 2.82. The van der Waals surface area contributed by atoms with Crippen LogP contribution in [0.25, 0.3) is 11.0 Å². The number of benzene rings is 2. The number of nitrogens with one attached hydrogen (secondary N) is 1. The van der Waals surface area contributed by atoms with E-state index < -0.39 is 27.3 Å². The summed E-state index contributed by atoms with van der Waals surface area (Å²) in [6, 6.07) is 10.8. The summed E-state index contributed by atoms with van der Waals surface area (Å²) in [6.45, 7) is 1.08. The number of ether oxygens (including phenoxy) is 1. The van der Waals surface area contributed by atoms with Crippen LogP contribution < -0.4 is 19.8 Å². The van der Waals surface area contributed by atoms with Crippen molar-refractivity contribution < 1.29 is 32.0 Å². The largest absolute Gasteiger partial charge is 0.462 e. The molecule has 0 fully saturated rings. The van der Waals surface area contributed by atoms with Gasteiger partial charge in [-0.15, -0.1) is 0 Å². The van der Waals surface area contributed by atoms with Crippen LogP contribution in [0.4, 0.5) is 11.4 Å². The maximum atomic E-state index is 13.0. The minimum Gasteiger partial charge on any atom is -0.462 e. The minimum atomic E-state index is -4.05. The lowest BCUT2D eigenvalue weighted by atomic mass is 10.1. The molecule has 0 unspecified atom stereocenters. The number of nitrogens with zero attached hydrogens (tertiary/aromatic N) is 1. The van der Waals surface area contributed by atoms with E-state index in [1.54, 1.807) is 30.3 Å². The Hall–Kier alpha value is -3.99. The van der Waals surface area contributed by atoms with Crippen molar-refractivity contribution in [2.45, 2.75) is 19.8 Å². The molecule has 3 aromatic rings. The normalized spacial score (nSPS) is 11.1. The van der Waals surface area contributed by atoms with Crippen molar-refractivity contribution in [2.24, 2.45) is 0 Å². The van der Waals surface area contributed by atoms with E-state index in [1.807, 2.05) is 0 Å². The number of sulfonamides is 1. The number of aldehydes is 1. The zero-order valence-electron chi connectivity index (χ0n) is 17.7. The van der Waals surface area contributed by atoms with Gasteiger partial charge in [0.15, 0.2) is 5.75 Å². The molecule has 0 aliphatic carbocycles. The van der Waals surface area contributed by atoms with Crippen LogP contribution in [0, 0.1) is 0 Å². The van der Waals surface area contributed by atoms with E-state index >= 15 is 0 Å². The summed E-state index contributed by atoms with van der Waals surface area (Å²) in [5, 5.41) is 2.36. The van der Waals surface area contributed by atoms with Crippen LogP contribution in [-0.2, 0) is 24.4 Å². The quantitative estimate of drug-likeness (QED) is 0.494. The van der Waals surface area contributed by atoms with Crippen molar-refractivity contribution in [1.82, 2.24) is 0 Å². The fourth-order valence-corrected chi connectivity index (χ4v) is 4.04. The van der Waals surface area contributed by atoms with E-state index in [4.69, 9.17) is 9.15 Å². The molecular weight excluding hydrogens is 452 g/mol. The van der Waals surface area contributed by atoms with Crippen LogP contribution in [0.15, 0.2) is 57.9 Å². The second-order valence-electron chi connectivity index (χ2n) is 7.01. The highest BCUT2D eigenvalue weighted by Crippen LogP contribution is 2.37. The highest BCUT2D eigenvalue weighted by atomic mass is 32.2. The Kier molecular flexibility index (Phi) is 6.92. The molecule has 1 N–H and O–H groups in total. The molecule has 2 amide bonds. The third-order valence-electron chi connectivity index (χ3n) is 4.42. The van der Waals surface area contributed by atoms with Crippen LogP contribution in [-0.4, -0.2) is 32.8 Å². The Balaban J connectivity index is 2.19. The number of hydrogen-bond donors (Lipinski definition) is 1. The molecule has 3 rings (SSSR count). The highest BCUT2D eigenvalue weighted by molar-refractivity contribution is 7.92. The van der Waals surface area contributed by atoms with Gasteiger partial charge in [0, 0.05) is 25.8 Å². The van der Waals surface area contributed by atoms with E-state index in [-0.39, 0.29) is 40.9 Å². The SMILES string of the molecule is CC(=O)N(c1cc2occ(NC(=O)CCC=O)c(=O)c2cc1Oc1ccccc1)S(C)(=O)=O. The van der Waals surface area contributed by atoms with E-state index in [9.17, 15) is 27.6 Å². The Morgan fingerprint density at radius 2 is 1.88 bits per heavy atom. The second kappa shape index (κ2) is 9.65. The van der Waals surface area contributed by atoms with Gasteiger partial charge in [-0.2, -0.15) is 0 Å². The molecule has 1 aromatic heterocycles. The van der Waals surface area contributed by atoms with Gasteiger partial charge >= 0.3 is 0 Å². The molecule has 0 saturated heterocycles. The molecule has 172 valence electrons. The van der Waals surface area contributed by atoms with E-state index in [0.29, 0.717) is 16.3 Å². The summed E-state index contributed by atoms with van der Waals surface area (Å²) in [4.78, 5) is 47.5. The topological polar surface area (TPSA) is 140 Å². The number of rotatable bonds is 8. The molecule has 0 aliphatic heterocycles. The average Bonchev–Trinajstić information content (AvgIpc) is 2.74. The molecule has 10 nitrogen and oxygen atoms in total. The number of fused-ring (bicyclic) bond motifs is 1. The number of hydrogen-bond acceptors (Lipinski definition) is 8. The zero-order chi connectivity index (χ0) is 24.2. The van der Waals surface area contributed by atoms with Gasteiger partial charge in [0.1, 0.15) is 35.3 Å². The monoisotopic (exact) mass is 472 g/mol. The van der Waals surface area contributed by atoms with Gasteiger partial charge < -0.3 is 19.3 Å². The van der Waals surface area contributed by atoms with Gasteiger partial charge in [0.05, 0.1) is 11.6 Å². The molecule has 0 bridgehead atoms. The van der Waals surface area contributed by atoms with Crippen molar-refractivity contribution in [1.29, 1.82) is 0 Å². The molecule has 11 heteroatoms. The van der Waals surface area contributed by atoms with Gasteiger partial charge in [-0.25, -0.2) is 12.7 Å². The van der Waals surface area contributed by atoms with E-state index in [1.165, 1.54) is 12.1 Å². The molecule has 0 saturated carbocycles. The molecular formula is C22H20N2O8S. The van der Waals surface area contributed by atoms with Crippen LogP contribution >= 0.6 is 0 Å². The average molecular weight is 472 g/mol. The maximum absolute atomic E-state index is 13.0. The number of anilines is 2. The van der Waals surface area contributed by atoms with Gasteiger partial charge in [-0.1, -0.05) is 18.2 Å². The summed E-state index contributed by atoms with van der Waals surface area (Å²) in [6.07, 6.45) is 2.34. The summed E-state index contributed by atoms with van der Waals surface area (Å²) in [7, 11) is -4.05. The van der Waals surface area contributed by atoms with Gasteiger partial charge in [-0.05, 0) is 18.2 Å². The Bertz CT molecular complexity index is 1380. The molecule has 0 atom stereocenters. The first-order valence-corrected chi connectivity index (χ1v) is 11.5. The fraction of sp³-hybridized carbons (Fsp3) is 0.182. The molecule has 0 spiro atoms. The molecule has 1 heterocycles. The number of para-hydroxylation sites is 1. The van der Waals surface area contributed by atoms with Crippen LogP contribution in [0.3, 0.4) is 0 Å². The first-order valence-electron chi connectivity index (χ1n) is 9.68. The van der Waals surface area contributed by atoms with Gasteiger partial charge in [-0.3, -0.25) is 14.4 Å². The molecule has 0 aliphatic rings. The van der Waals surface area contributed by atoms with Crippen molar-refractivity contribution in [3.05, 3.63) is 59.0 Å². The highest BCUT2D eigenvalue weighted by Gasteiger charge is 2.27. The second-order valence-corrected chi connectivity index (χ2v) is 8.84. The first-order chi connectivity index (χ1) is 15.6.